The van der Waals surface area contributed by atoms with Gasteiger partial charge in [-0.3, -0.25) is 4.79 Å². The molecule has 0 bridgehead atoms. The number of rotatable bonds is 5. The van der Waals surface area contributed by atoms with Crippen molar-refractivity contribution >= 4 is 17.2 Å². The Labute approximate surface area is 87.3 Å². The molecule has 0 radical (unpaired) electrons. The second-order valence-electron chi connectivity index (χ2n) is 2.88. The zero-order valence-electron chi connectivity index (χ0n) is 8.37. The SMILES string of the molecule is COCCNC(=O)Cc1scnc1C. The van der Waals surface area contributed by atoms with Crippen LogP contribution in [-0.4, -0.2) is 31.2 Å². The minimum absolute atomic E-state index is 0.0226. The molecule has 0 aromatic carbocycles. The van der Waals surface area contributed by atoms with Gasteiger partial charge < -0.3 is 10.1 Å². The molecule has 0 fully saturated rings. The molecule has 5 heteroatoms. The molecule has 14 heavy (non-hydrogen) atoms. The summed E-state index contributed by atoms with van der Waals surface area (Å²) in [4.78, 5) is 16.5. The van der Waals surface area contributed by atoms with Gasteiger partial charge in [-0.25, -0.2) is 4.98 Å². The summed E-state index contributed by atoms with van der Waals surface area (Å²) >= 11 is 1.51. The topological polar surface area (TPSA) is 51.2 Å². The summed E-state index contributed by atoms with van der Waals surface area (Å²) in [6, 6.07) is 0. The lowest BCUT2D eigenvalue weighted by Gasteiger charge is -2.02. The Kier molecular flexibility index (Phi) is 4.55. The molecule has 0 aliphatic carbocycles. The van der Waals surface area contributed by atoms with E-state index in [1.54, 1.807) is 12.6 Å². The molecule has 1 amide bonds. The number of carbonyl (C=O) groups is 1. The lowest BCUT2D eigenvalue weighted by molar-refractivity contribution is -0.120. The monoisotopic (exact) mass is 214 g/mol. The molecule has 4 nitrogen and oxygen atoms in total. The Hall–Kier alpha value is -0.940. The predicted octanol–water partition coefficient (Wildman–Crippen LogP) is 0.757. The van der Waals surface area contributed by atoms with Gasteiger partial charge >= 0.3 is 0 Å². The number of amides is 1. The van der Waals surface area contributed by atoms with E-state index >= 15 is 0 Å². The number of ether oxygens (including phenoxy) is 1. The van der Waals surface area contributed by atoms with E-state index in [0.29, 0.717) is 19.6 Å². The molecule has 0 saturated carbocycles. The molecule has 1 N–H and O–H groups in total. The van der Waals surface area contributed by atoms with Gasteiger partial charge in [-0.05, 0) is 6.92 Å². The van der Waals surface area contributed by atoms with Crippen LogP contribution in [0.3, 0.4) is 0 Å². The standard InChI is InChI=1S/C9H14N2O2S/c1-7-8(14-6-11-7)5-9(12)10-3-4-13-2/h6H,3-5H2,1-2H3,(H,10,12). The highest BCUT2D eigenvalue weighted by atomic mass is 32.1. The molecule has 1 aromatic rings. The largest absolute Gasteiger partial charge is 0.383 e. The lowest BCUT2D eigenvalue weighted by Crippen LogP contribution is -2.28. The Balaban J connectivity index is 2.31. The van der Waals surface area contributed by atoms with Crippen LogP contribution in [0.5, 0.6) is 0 Å². The van der Waals surface area contributed by atoms with Crippen LogP contribution in [0.25, 0.3) is 0 Å². The van der Waals surface area contributed by atoms with Crippen LogP contribution >= 0.6 is 11.3 Å². The molecule has 0 aliphatic rings. The maximum atomic E-state index is 11.3. The summed E-state index contributed by atoms with van der Waals surface area (Å²) in [6.07, 6.45) is 0.417. The first-order valence-corrected chi connectivity index (χ1v) is 5.26. The van der Waals surface area contributed by atoms with E-state index in [1.165, 1.54) is 11.3 Å². The van der Waals surface area contributed by atoms with Gasteiger partial charge in [0.25, 0.3) is 0 Å². The molecule has 0 saturated heterocycles. The minimum atomic E-state index is 0.0226. The van der Waals surface area contributed by atoms with Crippen molar-refractivity contribution in [2.75, 3.05) is 20.3 Å². The average molecular weight is 214 g/mol. The van der Waals surface area contributed by atoms with Gasteiger partial charge in [0.2, 0.25) is 5.91 Å². The average Bonchev–Trinajstić information content (AvgIpc) is 2.52. The predicted molar refractivity (Wildman–Crippen MR) is 55.4 cm³/mol. The molecule has 0 unspecified atom stereocenters. The van der Waals surface area contributed by atoms with Crippen molar-refractivity contribution in [2.45, 2.75) is 13.3 Å². The number of carbonyl (C=O) groups excluding carboxylic acids is 1. The van der Waals surface area contributed by atoms with Crippen molar-refractivity contribution in [1.82, 2.24) is 10.3 Å². The molecule has 1 aromatic heterocycles. The molecule has 0 atom stereocenters. The number of hydrogen-bond acceptors (Lipinski definition) is 4. The fourth-order valence-corrected chi connectivity index (χ4v) is 1.77. The van der Waals surface area contributed by atoms with Crippen LogP contribution < -0.4 is 5.32 Å². The van der Waals surface area contributed by atoms with Crippen LogP contribution in [-0.2, 0) is 16.0 Å². The molecule has 0 aliphatic heterocycles. The lowest BCUT2D eigenvalue weighted by atomic mass is 10.3. The van der Waals surface area contributed by atoms with Crippen molar-refractivity contribution < 1.29 is 9.53 Å². The Bertz CT molecular complexity index is 299. The maximum absolute atomic E-state index is 11.3. The molecule has 1 heterocycles. The number of methoxy groups -OCH3 is 1. The molecule has 78 valence electrons. The van der Waals surface area contributed by atoms with Crippen LogP contribution in [0.1, 0.15) is 10.6 Å². The second-order valence-corrected chi connectivity index (χ2v) is 3.82. The number of nitrogens with zero attached hydrogens (tertiary/aromatic N) is 1. The van der Waals surface area contributed by atoms with E-state index < -0.39 is 0 Å². The summed E-state index contributed by atoms with van der Waals surface area (Å²) in [5.74, 6) is 0.0226. The summed E-state index contributed by atoms with van der Waals surface area (Å²) in [5, 5.41) is 2.76. The molecule has 0 spiro atoms. The third-order valence-corrected chi connectivity index (χ3v) is 2.73. The van der Waals surface area contributed by atoms with Crippen molar-refractivity contribution in [3.8, 4) is 0 Å². The van der Waals surface area contributed by atoms with Gasteiger partial charge in [-0.1, -0.05) is 0 Å². The van der Waals surface area contributed by atoms with E-state index in [-0.39, 0.29) is 5.91 Å². The highest BCUT2D eigenvalue weighted by molar-refractivity contribution is 7.09. The number of aryl methyl sites for hydroxylation is 1. The van der Waals surface area contributed by atoms with E-state index in [0.717, 1.165) is 10.6 Å². The zero-order chi connectivity index (χ0) is 10.4. The summed E-state index contributed by atoms with van der Waals surface area (Å²) in [6.45, 7) is 3.02. The second kappa shape index (κ2) is 5.72. The normalized spacial score (nSPS) is 10.1. The van der Waals surface area contributed by atoms with Crippen molar-refractivity contribution in [2.24, 2.45) is 0 Å². The van der Waals surface area contributed by atoms with Crippen LogP contribution in [0.2, 0.25) is 0 Å². The van der Waals surface area contributed by atoms with E-state index in [2.05, 4.69) is 10.3 Å². The number of aromatic nitrogens is 1. The minimum Gasteiger partial charge on any atom is -0.383 e. The molecular weight excluding hydrogens is 200 g/mol. The first kappa shape index (κ1) is 11.1. The first-order chi connectivity index (χ1) is 6.74. The fraction of sp³-hybridized carbons (Fsp3) is 0.556. The van der Waals surface area contributed by atoms with Gasteiger partial charge in [-0.15, -0.1) is 11.3 Å². The number of hydrogen-bond donors (Lipinski definition) is 1. The molecule has 1 rings (SSSR count). The summed E-state index contributed by atoms with van der Waals surface area (Å²) in [5.41, 5.74) is 2.70. The van der Waals surface area contributed by atoms with Gasteiger partial charge in [0.05, 0.1) is 24.2 Å². The van der Waals surface area contributed by atoms with Gasteiger partial charge in [0, 0.05) is 18.5 Å². The summed E-state index contributed by atoms with van der Waals surface area (Å²) < 4.78 is 4.83. The van der Waals surface area contributed by atoms with Crippen LogP contribution in [0.4, 0.5) is 0 Å². The van der Waals surface area contributed by atoms with Crippen molar-refractivity contribution in [1.29, 1.82) is 0 Å². The van der Waals surface area contributed by atoms with E-state index in [4.69, 9.17) is 4.74 Å². The zero-order valence-corrected chi connectivity index (χ0v) is 9.19. The Morgan fingerprint density at radius 3 is 3.07 bits per heavy atom. The number of nitrogens with one attached hydrogen (secondary N) is 1. The third-order valence-electron chi connectivity index (χ3n) is 1.79. The van der Waals surface area contributed by atoms with Crippen molar-refractivity contribution in [3.05, 3.63) is 16.1 Å². The van der Waals surface area contributed by atoms with Gasteiger partial charge in [-0.2, -0.15) is 0 Å². The van der Waals surface area contributed by atoms with Gasteiger partial charge in [0.1, 0.15) is 0 Å². The Morgan fingerprint density at radius 2 is 2.50 bits per heavy atom. The first-order valence-electron chi connectivity index (χ1n) is 4.38. The summed E-state index contributed by atoms with van der Waals surface area (Å²) in [7, 11) is 1.61. The van der Waals surface area contributed by atoms with E-state index in [9.17, 15) is 4.79 Å². The number of thiazole rings is 1. The quantitative estimate of drug-likeness (QED) is 0.736. The highest BCUT2D eigenvalue weighted by Gasteiger charge is 2.06. The van der Waals surface area contributed by atoms with Crippen LogP contribution in [0.15, 0.2) is 5.51 Å². The fourth-order valence-electron chi connectivity index (χ4n) is 0.997. The van der Waals surface area contributed by atoms with Gasteiger partial charge in [0.15, 0.2) is 0 Å². The molecular formula is C9H14N2O2S. The van der Waals surface area contributed by atoms with Crippen molar-refractivity contribution in [3.63, 3.8) is 0 Å². The van der Waals surface area contributed by atoms with E-state index in [1.807, 2.05) is 6.92 Å². The van der Waals surface area contributed by atoms with Crippen LogP contribution in [0, 0.1) is 6.92 Å². The third kappa shape index (κ3) is 3.43. The Morgan fingerprint density at radius 1 is 1.71 bits per heavy atom. The smallest absolute Gasteiger partial charge is 0.225 e. The highest BCUT2D eigenvalue weighted by Crippen LogP contribution is 2.12. The maximum Gasteiger partial charge on any atom is 0.225 e.